The molecule has 0 saturated carbocycles. The second kappa shape index (κ2) is 9.17. The third-order valence-electron chi connectivity index (χ3n) is 7.93. The zero-order valence-corrected chi connectivity index (χ0v) is 21.6. The molecule has 4 nitrogen and oxygen atoms in total. The van der Waals surface area contributed by atoms with Crippen molar-refractivity contribution in [1.29, 1.82) is 0 Å². The number of nitrogens with zero attached hydrogens (tertiary/aromatic N) is 3. The predicted molar refractivity (Wildman–Crippen MR) is 161 cm³/mol. The fourth-order valence-corrected chi connectivity index (χ4v) is 6.07. The van der Waals surface area contributed by atoms with Crippen LogP contribution in [0.15, 0.2) is 131 Å². The van der Waals surface area contributed by atoms with Gasteiger partial charge >= 0.3 is 0 Å². The number of aromatic nitrogens is 1. The molecule has 0 fully saturated rings. The summed E-state index contributed by atoms with van der Waals surface area (Å²) in [6.07, 6.45) is 5.38. The van der Waals surface area contributed by atoms with Crippen LogP contribution in [0.1, 0.15) is 34.6 Å². The molecular formula is C35H27N3O. The van der Waals surface area contributed by atoms with Crippen LogP contribution in [0.5, 0.6) is 0 Å². The minimum Gasteiger partial charge on any atom is -0.437 e. The molecule has 2 aliphatic rings. The fraction of sp³-hybridized carbons (Fsp3) is 0.114. The average molecular weight is 506 g/mol. The van der Waals surface area contributed by atoms with Gasteiger partial charge in [-0.3, -0.25) is 9.98 Å². The number of furan rings is 1. The van der Waals surface area contributed by atoms with E-state index >= 15 is 0 Å². The van der Waals surface area contributed by atoms with Crippen LogP contribution in [0.3, 0.4) is 0 Å². The molecule has 0 amide bonds. The molecule has 39 heavy (non-hydrogen) atoms. The summed E-state index contributed by atoms with van der Waals surface area (Å²) in [5, 5.41) is 2.00. The van der Waals surface area contributed by atoms with E-state index in [0.717, 1.165) is 63.0 Å². The van der Waals surface area contributed by atoms with E-state index in [2.05, 4.69) is 80.4 Å². The Balaban J connectivity index is 1.41. The van der Waals surface area contributed by atoms with E-state index in [1.54, 1.807) is 6.08 Å². The van der Waals surface area contributed by atoms with Crippen LogP contribution in [0.4, 0.5) is 0 Å². The third kappa shape index (κ3) is 3.71. The lowest BCUT2D eigenvalue weighted by Gasteiger charge is -2.31. The topological polar surface area (TPSA) is 50.8 Å². The first-order valence-electron chi connectivity index (χ1n) is 13.3. The number of fused-ring (bicyclic) bond motifs is 8. The highest BCUT2D eigenvalue weighted by molar-refractivity contribution is 6.20. The number of hydrogen-bond donors (Lipinski definition) is 0. The molecule has 4 heterocycles. The van der Waals surface area contributed by atoms with Crippen molar-refractivity contribution < 1.29 is 4.42 Å². The molecule has 188 valence electrons. The molecule has 3 aromatic carbocycles. The number of rotatable bonds is 3. The van der Waals surface area contributed by atoms with E-state index in [-0.39, 0.29) is 12.0 Å². The summed E-state index contributed by atoms with van der Waals surface area (Å²) in [4.78, 5) is 15.0. The summed E-state index contributed by atoms with van der Waals surface area (Å²) in [6, 6.07) is 27.0. The highest BCUT2D eigenvalue weighted by Gasteiger charge is 2.33. The summed E-state index contributed by atoms with van der Waals surface area (Å²) in [5.74, 6) is 0.166. The lowest BCUT2D eigenvalue weighted by molar-refractivity contribution is 0.540. The summed E-state index contributed by atoms with van der Waals surface area (Å²) in [7, 11) is 0. The van der Waals surface area contributed by atoms with Crippen molar-refractivity contribution in [2.75, 3.05) is 0 Å². The van der Waals surface area contributed by atoms with Gasteiger partial charge < -0.3 is 4.42 Å². The molecule has 7 rings (SSSR count). The molecule has 0 bridgehead atoms. The molecule has 0 spiro atoms. The zero-order valence-electron chi connectivity index (χ0n) is 21.6. The monoisotopic (exact) mass is 505 g/mol. The van der Waals surface area contributed by atoms with Gasteiger partial charge in [-0.1, -0.05) is 86.5 Å². The lowest BCUT2D eigenvalue weighted by Crippen LogP contribution is -2.27. The van der Waals surface area contributed by atoms with Gasteiger partial charge in [-0.15, -0.1) is 0 Å². The van der Waals surface area contributed by atoms with Crippen molar-refractivity contribution in [3.05, 3.63) is 139 Å². The summed E-state index contributed by atoms with van der Waals surface area (Å²) in [6.45, 7) is 12.5. The molecular weight excluding hydrogens is 478 g/mol. The smallest absolute Gasteiger partial charge is 0.227 e. The maximum Gasteiger partial charge on any atom is 0.227 e. The molecule has 2 unspecified atom stereocenters. The van der Waals surface area contributed by atoms with Crippen molar-refractivity contribution in [3.63, 3.8) is 0 Å². The Hall–Kier alpha value is -4.83. The second-order valence-corrected chi connectivity index (χ2v) is 10.1. The van der Waals surface area contributed by atoms with Crippen LogP contribution >= 0.6 is 0 Å². The molecule has 0 saturated heterocycles. The van der Waals surface area contributed by atoms with Crippen LogP contribution in [0.25, 0.3) is 33.3 Å². The molecule has 0 radical (unpaired) electrons. The first-order chi connectivity index (χ1) is 19.2. The fourth-order valence-electron chi connectivity index (χ4n) is 6.07. The predicted octanol–water partition coefficient (Wildman–Crippen LogP) is 8.22. The Morgan fingerprint density at radius 2 is 1.59 bits per heavy atom. The number of aliphatic imine (C=N–C) groups is 2. The van der Waals surface area contributed by atoms with Crippen molar-refractivity contribution in [2.45, 2.75) is 24.8 Å². The molecule has 2 aliphatic heterocycles. The molecule has 5 aromatic rings. The zero-order chi connectivity index (χ0) is 26.5. The summed E-state index contributed by atoms with van der Waals surface area (Å²) >= 11 is 0. The van der Waals surface area contributed by atoms with Crippen LogP contribution in [-0.2, 0) is 6.42 Å². The summed E-state index contributed by atoms with van der Waals surface area (Å²) < 4.78 is 6.52. The number of hydrogen-bond acceptors (Lipinski definition) is 4. The Morgan fingerprint density at radius 1 is 0.821 bits per heavy atom. The highest BCUT2D eigenvalue weighted by atomic mass is 16.3. The van der Waals surface area contributed by atoms with E-state index in [0.29, 0.717) is 11.4 Å². The van der Waals surface area contributed by atoms with E-state index in [1.807, 2.05) is 24.3 Å². The molecule has 0 aliphatic carbocycles. The van der Waals surface area contributed by atoms with Gasteiger partial charge in [0.05, 0.1) is 28.9 Å². The van der Waals surface area contributed by atoms with Crippen LogP contribution in [-0.4, -0.2) is 22.4 Å². The van der Waals surface area contributed by atoms with Crippen LogP contribution < -0.4 is 0 Å². The Bertz CT molecular complexity index is 1870. The van der Waals surface area contributed by atoms with E-state index in [1.165, 1.54) is 11.1 Å². The largest absolute Gasteiger partial charge is 0.437 e. The van der Waals surface area contributed by atoms with Crippen molar-refractivity contribution in [1.82, 2.24) is 4.98 Å². The van der Waals surface area contributed by atoms with Gasteiger partial charge in [0.25, 0.3) is 0 Å². The SMILES string of the molecule is C=CC1=NC2C(=C)N=C(C=C)c3c(ccc4c3oc3nc(-c5ccccc5)ccc34)CCC2c2ccccc21. The highest BCUT2D eigenvalue weighted by Crippen LogP contribution is 2.41. The minimum atomic E-state index is -0.168. The van der Waals surface area contributed by atoms with Gasteiger partial charge in [0.1, 0.15) is 5.58 Å². The molecule has 2 atom stereocenters. The lowest BCUT2D eigenvalue weighted by atomic mass is 9.79. The van der Waals surface area contributed by atoms with Crippen LogP contribution in [0.2, 0.25) is 0 Å². The van der Waals surface area contributed by atoms with E-state index < -0.39 is 0 Å². The molecule has 0 N–H and O–H groups in total. The Kier molecular flexibility index (Phi) is 5.48. The van der Waals surface area contributed by atoms with E-state index in [9.17, 15) is 0 Å². The Morgan fingerprint density at radius 3 is 2.41 bits per heavy atom. The van der Waals surface area contributed by atoms with E-state index in [4.69, 9.17) is 19.4 Å². The third-order valence-corrected chi connectivity index (χ3v) is 7.93. The average Bonchev–Trinajstić information content (AvgIpc) is 3.38. The van der Waals surface area contributed by atoms with Gasteiger partial charge in [-0.25, -0.2) is 4.98 Å². The summed E-state index contributed by atoms with van der Waals surface area (Å²) in [5.41, 5.74) is 10.2. The Labute approximate surface area is 227 Å². The van der Waals surface area contributed by atoms with Gasteiger partial charge in [-0.05, 0) is 48.3 Å². The van der Waals surface area contributed by atoms with Crippen molar-refractivity contribution in [3.8, 4) is 11.3 Å². The first kappa shape index (κ1) is 23.3. The number of allylic oxidation sites excluding steroid dienone is 2. The maximum atomic E-state index is 6.52. The number of pyridine rings is 1. The number of aryl methyl sites for hydroxylation is 1. The van der Waals surface area contributed by atoms with Gasteiger partial charge in [0.2, 0.25) is 5.71 Å². The quantitative estimate of drug-likeness (QED) is 0.248. The van der Waals surface area contributed by atoms with Crippen LogP contribution in [0, 0.1) is 0 Å². The normalized spacial score (nSPS) is 18.6. The number of benzene rings is 3. The standard InChI is InChI=1S/C35H27N3O/c1-4-29-25-14-10-9-13-24(25)26-17-15-23-16-18-27-28-19-20-31(22-11-7-6-8-12-22)38-35(28)39-34(27)32(23)30(5-2)36-21(3)33(26)37-29/h4-14,16,18-20,26,33H,1-3,15,17H2. The maximum absolute atomic E-state index is 6.52. The minimum absolute atomic E-state index is 0.166. The van der Waals surface area contributed by atoms with Crippen molar-refractivity contribution >= 4 is 33.5 Å². The van der Waals surface area contributed by atoms with Gasteiger partial charge in [0.15, 0.2) is 0 Å². The van der Waals surface area contributed by atoms with Gasteiger partial charge in [-0.2, -0.15) is 0 Å². The second-order valence-electron chi connectivity index (χ2n) is 10.1. The molecule has 4 heteroatoms. The molecule has 2 aromatic heterocycles. The van der Waals surface area contributed by atoms with Crippen molar-refractivity contribution in [2.24, 2.45) is 9.98 Å². The first-order valence-corrected chi connectivity index (χ1v) is 13.3. The van der Waals surface area contributed by atoms with Gasteiger partial charge in [0, 0.05) is 33.4 Å².